The highest BCUT2D eigenvalue weighted by atomic mass is 16.7. The standard InChI is InChI=1S/C53H78O11/c1-3-5-7-9-11-13-15-17-19-21-23-25-27-29-31-33-35-37-39-41-46(54)61-43-45(44-62-53-50(58)48(56)49(57)51(64-53)52(59)60)63-47(55)42-40-38-36-34-32-30-28-26-24-22-20-18-16-14-12-10-8-6-4-2/h5-8,11-14,17-20,23-26,29-32,35,37,45,48-51,53,56-58H,3-4,9-10,15-16,21-22,27-28,33-34,36,38-44H2,1-2H3,(H,59,60)/b7-5-,8-6-,13-11-,14-12-,19-17-,20-18-,25-23-,26-24-,31-29-,32-30-,37-35-. The number of aliphatic hydroxyl groups is 3. The number of hydrogen-bond donors (Lipinski definition) is 4. The van der Waals surface area contributed by atoms with Gasteiger partial charge in [0.05, 0.1) is 6.61 Å². The monoisotopic (exact) mass is 891 g/mol. The number of carboxylic acid groups (broad SMARTS) is 1. The fourth-order valence-corrected chi connectivity index (χ4v) is 5.93. The first-order valence-electron chi connectivity index (χ1n) is 23.2. The van der Waals surface area contributed by atoms with E-state index in [0.717, 1.165) is 89.9 Å². The molecule has 0 aromatic heterocycles. The first kappa shape index (κ1) is 57.4. The molecule has 0 bridgehead atoms. The van der Waals surface area contributed by atoms with Crippen LogP contribution in [0, 0.1) is 0 Å². The highest BCUT2D eigenvalue weighted by Gasteiger charge is 2.47. The van der Waals surface area contributed by atoms with Gasteiger partial charge in [0, 0.05) is 12.8 Å². The number of aliphatic carboxylic acids is 1. The van der Waals surface area contributed by atoms with E-state index in [4.69, 9.17) is 18.9 Å². The molecule has 1 heterocycles. The van der Waals surface area contributed by atoms with E-state index in [0.29, 0.717) is 12.8 Å². The average molecular weight is 891 g/mol. The number of carbonyl (C=O) groups is 3. The topological polar surface area (TPSA) is 169 Å². The van der Waals surface area contributed by atoms with Gasteiger partial charge < -0.3 is 39.4 Å². The second-order valence-corrected chi connectivity index (χ2v) is 15.1. The number of carboxylic acids is 1. The minimum absolute atomic E-state index is 0.0937. The van der Waals surface area contributed by atoms with Crippen LogP contribution in [0.4, 0.5) is 0 Å². The molecule has 0 spiro atoms. The lowest BCUT2D eigenvalue weighted by Crippen LogP contribution is -2.60. The Labute approximate surface area is 383 Å². The van der Waals surface area contributed by atoms with Crippen LogP contribution in [0.3, 0.4) is 0 Å². The Kier molecular flexibility index (Phi) is 36.8. The molecule has 11 heteroatoms. The molecule has 356 valence electrons. The zero-order chi connectivity index (χ0) is 46.7. The molecule has 1 fully saturated rings. The Morgan fingerprint density at radius 3 is 1.34 bits per heavy atom. The molecule has 1 rings (SSSR count). The molecular weight excluding hydrogens is 813 g/mol. The van der Waals surface area contributed by atoms with Crippen molar-refractivity contribution in [2.75, 3.05) is 13.2 Å². The minimum atomic E-state index is -1.89. The number of ether oxygens (including phenoxy) is 4. The second kappa shape index (κ2) is 41.1. The second-order valence-electron chi connectivity index (χ2n) is 15.1. The van der Waals surface area contributed by atoms with E-state index >= 15 is 0 Å². The maximum absolute atomic E-state index is 12.8. The quantitative estimate of drug-likeness (QED) is 0.0268. The third-order valence-corrected chi connectivity index (χ3v) is 9.51. The number of aliphatic hydroxyl groups excluding tert-OH is 3. The van der Waals surface area contributed by atoms with Crippen molar-refractivity contribution in [1.29, 1.82) is 0 Å². The van der Waals surface area contributed by atoms with E-state index in [2.05, 4.69) is 135 Å². The summed E-state index contributed by atoms with van der Waals surface area (Å²) in [5.41, 5.74) is 0. The van der Waals surface area contributed by atoms with Crippen LogP contribution in [0.5, 0.6) is 0 Å². The van der Waals surface area contributed by atoms with Crippen LogP contribution in [0.2, 0.25) is 0 Å². The molecule has 0 radical (unpaired) electrons. The van der Waals surface area contributed by atoms with Crippen molar-refractivity contribution in [2.45, 2.75) is 166 Å². The van der Waals surface area contributed by atoms with Gasteiger partial charge in [-0.05, 0) is 96.3 Å². The predicted octanol–water partition coefficient (Wildman–Crippen LogP) is 10.5. The fourth-order valence-electron chi connectivity index (χ4n) is 5.93. The summed E-state index contributed by atoms with van der Waals surface area (Å²) < 4.78 is 21.6. The number of unbranched alkanes of at least 4 members (excludes halogenated alkanes) is 3. The van der Waals surface area contributed by atoms with Crippen LogP contribution in [-0.2, 0) is 33.3 Å². The van der Waals surface area contributed by atoms with Gasteiger partial charge in [-0.1, -0.05) is 154 Å². The van der Waals surface area contributed by atoms with E-state index in [1.54, 1.807) is 0 Å². The van der Waals surface area contributed by atoms with Crippen molar-refractivity contribution >= 4 is 17.9 Å². The van der Waals surface area contributed by atoms with Crippen LogP contribution in [0.15, 0.2) is 134 Å². The van der Waals surface area contributed by atoms with Gasteiger partial charge in [0.2, 0.25) is 0 Å². The van der Waals surface area contributed by atoms with Crippen molar-refractivity contribution in [1.82, 2.24) is 0 Å². The lowest BCUT2D eigenvalue weighted by atomic mass is 9.99. The van der Waals surface area contributed by atoms with Crippen molar-refractivity contribution < 1.29 is 53.8 Å². The SMILES string of the molecule is CC/C=C\C/C=C\C/C=C\C/C=C\C/C=C\C/C=C\CCC(=O)OCC(COC1OC(C(=O)O)C(O)C(O)C1O)OC(=O)CCCCC/C=C\C/C=C\C/C=C\C/C=C\C/C=C\CC. The Balaban J connectivity index is 2.46. The van der Waals surface area contributed by atoms with Gasteiger partial charge in [-0.3, -0.25) is 9.59 Å². The normalized spacial score (nSPS) is 20.5. The van der Waals surface area contributed by atoms with Crippen LogP contribution >= 0.6 is 0 Å². The summed E-state index contributed by atoms with van der Waals surface area (Å²) in [4.78, 5) is 36.9. The zero-order valence-corrected chi connectivity index (χ0v) is 38.5. The van der Waals surface area contributed by atoms with Crippen LogP contribution in [0.1, 0.15) is 129 Å². The molecule has 0 saturated carbocycles. The molecule has 0 amide bonds. The van der Waals surface area contributed by atoms with Gasteiger partial charge in [-0.25, -0.2) is 4.79 Å². The molecule has 11 nitrogen and oxygen atoms in total. The molecule has 1 aliphatic rings. The number of hydrogen-bond acceptors (Lipinski definition) is 10. The summed E-state index contributed by atoms with van der Waals surface area (Å²) in [6, 6.07) is 0. The molecule has 0 aliphatic carbocycles. The summed E-state index contributed by atoms with van der Waals surface area (Å²) >= 11 is 0. The molecule has 0 aromatic carbocycles. The predicted molar refractivity (Wildman–Crippen MR) is 256 cm³/mol. The van der Waals surface area contributed by atoms with Crippen molar-refractivity contribution in [2.24, 2.45) is 0 Å². The molecule has 64 heavy (non-hydrogen) atoms. The van der Waals surface area contributed by atoms with Gasteiger partial charge >= 0.3 is 17.9 Å². The molecule has 6 atom stereocenters. The number of esters is 2. The molecule has 6 unspecified atom stereocenters. The van der Waals surface area contributed by atoms with E-state index in [9.17, 15) is 34.8 Å². The van der Waals surface area contributed by atoms with Gasteiger partial charge in [0.1, 0.15) is 24.9 Å². The maximum atomic E-state index is 12.8. The molecule has 1 saturated heterocycles. The Bertz CT molecular complexity index is 1560. The lowest BCUT2D eigenvalue weighted by molar-refractivity contribution is -0.298. The van der Waals surface area contributed by atoms with E-state index in [-0.39, 0.29) is 19.4 Å². The van der Waals surface area contributed by atoms with Crippen molar-refractivity contribution in [3.63, 3.8) is 0 Å². The lowest BCUT2D eigenvalue weighted by Gasteiger charge is -2.38. The van der Waals surface area contributed by atoms with Crippen LogP contribution < -0.4 is 0 Å². The summed E-state index contributed by atoms with van der Waals surface area (Å²) in [5, 5.41) is 39.9. The van der Waals surface area contributed by atoms with Gasteiger partial charge in [0.15, 0.2) is 18.5 Å². The first-order chi connectivity index (χ1) is 31.2. The molecule has 4 N–H and O–H groups in total. The third kappa shape index (κ3) is 32.1. The largest absolute Gasteiger partial charge is 0.479 e. The average Bonchev–Trinajstić information content (AvgIpc) is 3.28. The van der Waals surface area contributed by atoms with E-state index in [1.165, 1.54) is 0 Å². The van der Waals surface area contributed by atoms with Gasteiger partial charge in [-0.2, -0.15) is 0 Å². The van der Waals surface area contributed by atoms with Gasteiger partial charge in [0.25, 0.3) is 0 Å². The molecular formula is C53H78O11. The Hall–Kier alpha value is -4.65. The zero-order valence-electron chi connectivity index (χ0n) is 38.5. The fraction of sp³-hybridized carbons (Fsp3) is 0.528. The molecule has 1 aliphatic heterocycles. The highest BCUT2D eigenvalue weighted by molar-refractivity contribution is 5.73. The van der Waals surface area contributed by atoms with Crippen LogP contribution in [0.25, 0.3) is 0 Å². The van der Waals surface area contributed by atoms with Gasteiger partial charge in [-0.15, -0.1) is 0 Å². The number of rotatable bonds is 36. The summed E-state index contributed by atoms with van der Waals surface area (Å²) in [6.07, 6.45) is 50.8. The Morgan fingerprint density at radius 1 is 0.484 bits per heavy atom. The first-order valence-corrected chi connectivity index (χ1v) is 23.2. The van der Waals surface area contributed by atoms with Crippen molar-refractivity contribution in [3.8, 4) is 0 Å². The smallest absolute Gasteiger partial charge is 0.335 e. The van der Waals surface area contributed by atoms with Crippen molar-refractivity contribution in [3.05, 3.63) is 134 Å². The summed E-state index contributed by atoms with van der Waals surface area (Å²) in [5.74, 6) is -2.62. The number of carbonyl (C=O) groups excluding carboxylic acids is 2. The summed E-state index contributed by atoms with van der Waals surface area (Å²) in [7, 11) is 0. The maximum Gasteiger partial charge on any atom is 0.335 e. The molecule has 0 aromatic rings. The minimum Gasteiger partial charge on any atom is -0.479 e. The van der Waals surface area contributed by atoms with E-state index in [1.807, 2.05) is 12.2 Å². The van der Waals surface area contributed by atoms with E-state index < -0.39 is 61.3 Å². The van der Waals surface area contributed by atoms with Crippen LogP contribution in [-0.4, -0.2) is 88.4 Å². The Morgan fingerprint density at radius 2 is 0.906 bits per heavy atom. The summed E-state index contributed by atoms with van der Waals surface area (Å²) in [6.45, 7) is 3.47. The third-order valence-electron chi connectivity index (χ3n) is 9.51. The number of allylic oxidation sites excluding steroid dienone is 22. The highest BCUT2D eigenvalue weighted by Crippen LogP contribution is 2.23.